The molecule has 2 N–H and O–H groups in total. The van der Waals surface area contributed by atoms with Crippen molar-refractivity contribution < 1.29 is 19.1 Å². The minimum absolute atomic E-state index is 0.0679. The third-order valence-electron chi connectivity index (χ3n) is 3.86. The molecule has 0 radical (unpaired) electrons. The number of aromatic nitrogens is 4. The fourth-order valence-corrected chi connectivity index (χ4v) is 3.14. The molecule has 0 aliphatic carbocycles. The quantitative estimate of drug-likeness (QED) is 0.514. The normalized spacial score (nSPS) is 10.7. The molecule has 0 aliphatic rings. The lowest BCUT2D eigenvalue weighted by molar-refractivity contribution is 0.0659. The van der Waals surface area contributed by atoms with Crippen LogP contribution >= 0.6 is 11.3 Å². The molecule has 4 aromatic rings. The Balaban J connectivity index is 1.52. The van der Waals surface area contributed by atoms with E-state index in [2.05, 4.69) is 20.6 Å². The van der Waals surface area contributed by atoms with Gasteiger partial charge in [0.15, 0.2) is 5.76 Å². The number of nitrogens with zero attached hydrogens (tertiary/aromatic N) is 4. The van der Waals surface area contributed by atoms with Gasteiger partial charge in [0, 0.05) is 18.1 Å². The first-order chi connectivity index (χ1) is 13.6. The molecule has 9 nitrogen and oxygen atoms in total. The zero-order valence-electron chi connectivity index (χ0n) is 14.3. The Hall–Kier alpha value is -3.79. The molecule has 0 atom stereocenters. The van der Waals surface area contributed by atoms with Crippen molar-refractivity contribution in [2.75, 3.05) is 0 Å². The summed E-state index contributed by atoms with van der Waals surface area (Å²) in [5.41, 5.74) is 2.21. The predicted molar refractivity (Wildman–Crippen MR) is 99.3 cm³/mol. The zero-order chi connectivity index (χ0) is 19.5. The first kappa shape index (κ1) is 17.6. The van der Waals surface area contributed by atoms with Crippen LogP contribution < -0.4 is 5.32 Å². The predicted octanol–water partition coefficient (Wildman–Crippen LogP) is 2.61. The highest BCUT2D eigenvalue weighted by Crippen LogP contribution is 2.21. The number of hydrogen-bond acceptors (Lipinski definition) is 7. The van der Waals surface area contributed by atoms with E-state index in [0.29, 0.717) is 5.69 Å². The van der Waals surface area contributed by atoms with E-state index in [0.717, 1.165) is 16.3 Å². The number of carbonyl (C=O) groups excluding carboxylic acids is 1. The smallest absolute Gasteiger partial charge is 0.371 e. The average molecular weight is 395 g/mol. The lowest BCUT2D eigenvalue weighted by Crippen LogP contribution is -2.23. The van der Waals surface area contributed by atoms with Gasteiger partial charge < -0.3 is 14.8 Å². The summed E-state index contributed by atoms with van der Waals surface area (Å²) in [6.45, 7) is 0.199. The van der Waals surface area contributed by atoms with Gasteiger partial charge in [-0.2, -0.15) is 0 Å². The number of para-hydroxylation sites is 1. The van der Waals surface area contributed by atoms with Crippen LogP contribution in [0, 0.1) is 0 Å². The van der Waals surface area contributed by atoms with E-state index in [-0.39, 0.29) is 18.1 Å². The lowest BCUT2D eigenvalue weighted by Gasteiger charge is -2.09. The number of hydrogen-bond donors (Lipinski definition) is 2. The van der Waals surface area contributed by atoms with Crippen molar-refractivity contribution in [2.24, 2.45) is 0 Å². The number of nitrogens with one attached hydrogen (secondary N) is 1. The van der Waals surface area contributed by atoms with E-state index >= 15 is 0 Å². The molecule has 0 bridgehead atoms. The van der Waals surface area contributed by atoms with Crippen LogP contribution in [0.4, 0.5) is 0 Å². The fourth-order valence-electron chi connectivity index (χ4n) is 2.55. The SMILES string of the molecule is O=C(O)c1ccc(C(=O)NCc2ccccc2-n2cc(-c3nccs3)nn2)o1. The standard InChI is InChI=1S/C18H13N5O4S/c24-16(14-5-6-15(27-14)18(25)26)20-9-11-3-1-2-4-13(11)23-10-12(21-22-23)17-19-7-8-28-17/h1-8,10H,9H2,(H,20,24)(H,25,26). The number of rotatable bonds is 6. The Kier molecular flexibility index (Phi) is 4.68. The van der Waals surface area contributed by atoms with Gasteiger partial charge in [-0.05, 0) is 23.8 Å². The molecule has 1 aromatic carbocycles. The molecule has 4 rings (SSSR count). The Labute approximate surface area is 162 Å². The van der Waals surface area contributed by atoms with E-state index in [4.69, 9.17) is 9.52 Å². The van der Waals surface area contributed by atoms with Crippen LogP contribution in [0.2, 0.25) is 0 Å². The summed E-state index contributed by atoms with van der Waals surface area (Å²) < 4.78 is 6.63. The highest BCUT2D eigenvalue weighted by Gasteiger charge is 2.16. The van der Waals surface area contributed by atoms with Gasteiger partial charge in [-0.15, -0.1) is 16.4 Å². The van der Waals surface area contributed by atoms with Gasteiger partial charge in [-0.1, -0.05) is 23.4 Å². The molecule has 140 valence electrons. The van der Waals surface area contributed by atoms with Crippen LogP contribution in [0.25, 0.3) is 16.4 Å². The van der Waals surface area contributed by atoms with Crippen LogP contribution in [-0.2, 0) is 6.54 Å². The monoisotopic (exact) mass is 395 g/mol. The van der Waals surface area contributed by atoms with Crippen molar-refractivity contribution in [1.82, 2.24) is 25.3 Å². The summed E-state index contributed by atoms with van der Waals surface area (Å²) in [6, 6.07) is 9.97. The molecule has 28 heavy (non-hydrogen) atoms. The first-order valence-electron chi connectivity index (χ1n) is 8.13. The molecule has 0 unspecified atom stereocenters. The zero-order valence-corrected chi connectivity index (χ0v) is 15.1. The topological polar surface area (TPSA) is 123 Å². The number of aromatic carboxylic acids is 1. The number of carboxylic acid groups (broad SMARTS) is 1. The van der Waals surface area contributed by atoms with Crippen molar-refractivity contribution >= 4 is 23.2 Å². The maximum atomic E-state index is 12.2. The minimum atomic E-state index is -1.23. The Bertz CT molecular complexity index is 1130. The van der Waals surface area contributed by atoms with Gasteiger partial charge in [-0.3, -0.25) is 4.79 Å². The molecule has 10 heteroatoms. The molecular formula is C18H13N5O4S. The summed E-state index contributed by atoms with van der Waals surface area (Å²) in [6.07, 6.45) is 3.47. The van der Waals surface area contributed by atoms with Gasteiger partial charge >= 0.3 is 5.97 Å². The second kappa shape index (κ2) is 7.45. The Morgan fingerprint density at radius 2 is 2.00 bits per heavy atom. The van der Waals surface area contributed by atoms with Crippen molar-refractivity contribution in [1.29, 1.82) is 0 Å². The van der Waals surface area contributed by atoms with Gasteiger partial charge in [0.25, 0.3) is 5.91 Å². The van der Waals surface area contributed by atoms with Crippen molar-refractivity contribution in [2.45, 2.75) is 6.54 Å². The number of carboxylic acids is 1. The van der Waals surface area contributed by atoms with E-state index in [9.17, 15) is 9.59 Å². The van der Waals surface area contributed by atoms with E-state index in [1.807, 2.05) is 29.6 Å². The lowest BCUT2D eigenvalue weighted by atomic mass is 10.1. The van der Waals surface area contributed by atoms with Gasteiger partial charge in [0.05, 0.1) is 11.9 Å². The van der Waals surface area contributed by atoms with E-state index in [1.165, 1.54) is 23.5 Å². The van der Waals surface area contributed by atoms with Crippen molar-refractivity contribution in [3.05, 3.63) is 71.3 Å². The molecule has 0 saturated carbocycles. The molecule has 0 fully saturated rings. The Morgan fingerprint density at radius 3 is 2.75 bits per heavy atom. The summed E-state index contributed by atoms with van der Waals surface area (Å²) in [7, 11) is 0. The van der Waals surface area contributed by atoms with Crippen molar-refractivity contribution in [3.63, 3.8) is 0 Å². The van der Waals surface area contributed by atoms with Crippen molar-refractivity contribution in [3.8, 4) is 16.4 Å². The highest BCUT2D eigenvalue weighted by atomic mass is 32.1. The Morgan fingerprint density at radius 1 is 1.18 bits per heavy atom. The van der Waals surface area contributed by atoms with Crippen LogP contribution in [-0.4, -0.2) is 37.0 Å². The second-order valence-corrected chi connectivity index (χ2v) is 6.56. The van der Waals surface area contributed by atoms with E-state index in [1.54, 1.807) is 17.1 Å². The third-order valence-corrected chi connectivity index (χ3v) is 4.66. The summed E-state index contributed by atoms with van der Waals surface area (Å²) in [5, 5.41) is 22.5. The average Bonchev–Trinajstić information content (AvgIpc) is 3.47. The summed E-state index contributed by atoms with van der Waals surface area (Å²) in [4.78, 5) is 27.3. The first-order valence-corrected chi connectivity index (χ1v) is 9.01. The second-order valence-electron chi connectivity index (χ2n) is 5.67. The van der Waals surface area contributed by atoms with Crippen LogP contribution in [0.5, 0.6) is 0 Å². The number of thiazole rings is 1. The third kappa shape index (κ3) is 3.53. The molecule has 1 amide bonds. The number of amides is 1. The molecular weight excluding hydrogens is 382 g/mol. The molecule has 0 aliphatic heterocycles. The summed E-state index contributed by atoms with van der Waals surface area (Å²) in [5.74, 6) is -2.10. The number of carbonyl (C=O) groups is 2. The van der Waals surface area contributed by atoms with Crippen LogP contribution in [0.3, 0.4) is 0 Å². The molecule has 3 heterocycles. The van der Waals surface area contributed by atoms with E-state index < -0.39 is 11.9 Å². The van der Waals surface area contributed by atoms with Gasteiger partial charge in [0.2, 0.25) is 5.76 Å². The molecule has 0 saturated heterocycles. The maximum absolute atomic E-state index is 12.2. The maximum Gasteiger partial charge on any atom is 0.371 e. The minimum Gasteiger partial charge on any atom is -0.475 e. The van der Waals surface area contributed by atoms with Gasteiger partial charge in [0.1, 0.15) is 10.7 Å². The molecule has 0 spiro atoms. The largest absolute Gasteiger partial charge is 0.475 e. The summed E-state index contributed by atoms with van der Waals surface area (Å²) >= 11 is 1.47. The van der Waals surface area contributed by atoms with Crippen LogP contribution in [0.15, 0.2) is 58.6 Å². The fraction of sp³-hybridized carbons (Fsp3) is 0.0556. The number of benzene rings is 1. The van der Waals surface area contributed by atoms with Crippen LogP contribution in [0.1, 0.15) is 26.7 Å². The number of furan rings is 1. The molecule has 3 aromatic heterocycles. The highest BCUT2D eigenvalue weighted by molar-refractivity contribution is 7.13. The van der Waals surface area contributed by atoms with Gasteiger partial charge in [-0.25, -0.2) is 14.5 Å².